The lowest BCUT2D eigenvalue weighted by Gasteiger charge is -2.17. The average Bonchev–Trinajstić information content (AvgIpc) is 3.59. The first kappa shape index (κ1) is 19.5. The first-order chi connectivity index (χ1) is 15.5. The van der Waals surface area contributed by atoms with E-state index in [1.165, 1.54) is 12.8 Å². The first-order valence-corrected chi connectivity index (χ1v) is 10.9. The Bertz CT molecular complexity index is 1170. The Morgan fingerprint density at radius 2 is 2.25 bits per heavy atom. The van der Waals surface area contributed by atoms with Gasteiger partial charge in [-0.25, -0.2) is 19.2 Å². The van der Waals surface area contributed by atoms with E-state index in [-0.39, 0.29) is 12.1 Å². The zero-order chi connectivity index (χ0) is 21.9. The van der Waals surface area contributed by atoms with Crippen molar-refractivity contribution in [1.82, 2.24) is 29.9 Å². The van der Waals surface area contributed by atoms with Crippen molar-refractivity contribution in [2.75, 3.05) is 11.9 Å². The van der Waals surface area contributed by atoms with Gasteiger partial charge in [-0.2, -0.15) is 5.10 Å². The summed E-state index contributed by atoms with van der Waals surface area (Å²) in [6, 6.07) is 3.52. The van der Waals surface area contributed by atoms with Crippen molar-refractivity contribution >= 4 is 23.5 Å². The predicted molar refractivity (Wildman–Crippen MR) is 111 cm³/mol. The molecule has 0 unspecified atom stereocenters. The number of halogens is 1. The maximum Gasteiger partial charge on any atom is 0.408 e. The summed E-state index contributed by atoms with van der Waals surface area (Å²) in [7, 11) is 0. The van der Waals surface area contributed by atoms with Crippen molar-refractivity contribution in [3.63, 3.8) is 0 Å². The van der Waals surface area contributed by atoms with Crippen molar-refractivity contribution in [3.05, 3.63) is 35.9 Å². The third-order valence-electron chi connectivity index (χ3n) is 6.29. The lowest BCUT2D eigenvalue weighted by molar-refractivity contribution is 0.0604. The molecule has 0 radical (unpaired) electrons. The number of anilines is 2. The molecule has 0 aromatic carbocycles. The molecule has 1 saturated heterocycles. The fraction of sp³-hybridized carbons (Fsp3) is 0.524. The van der Waals surface area contributed by atoms with Crippen LogP contribution in [0.5, 0.6) is 0 Å². The normalized spacial score (nSPS) is 26.2. The van der Waals surface area contributed by atoms with E-state index in [0.717, 1.165) is 24.2 Å². The minimum absolute atomic E-state index is 0.0163. The highest BCUT2D eigenvalue weighted by Crippen LogP contribution is 2.40. The number of H-pyrrole nitrogens is 1. The van der Waals surface area contributed by atoms with E-state index in [9.17, 15) is 9.18 Å². The molecule has 2 aliphatic carbocycles. The van der Waals surface area contributed by atoms with E-state index in [4.69, 9.17) is 9.47 Å². The van der Waals surface area contributed by atoms with Gasteiger partial charge in [0.25, 0.3) is 0 Å². The van der Waals surface area contributed by atoms with Gasteiger partial charge in [-0.05, 0) is 38.7 Å². The van der Waals surface area contributed by atoms with Gasteiger partial charge in [0.1, 0.15) is 11.8 Å². The smallest absolute Gasteiger partial charge is 0.408 e. The maximum atomic E-state index is 15.0. The van der Waals surface area contributed by atoms with Crippen LogP contribution in [0.3, 0.4) is 0 Å². The molecule has 4 heterocycles. The van der Waals surface area contributed by atoms with E-state index in [0.29, 0.717) is 23.4 Å². The van der Waals surface area contributed by atoms with Crippen LogP contribution in [-0.4, -0.2) is 55.1 Å². The number of ether oxygens (including phenoxy) is 2. The summed E-state index contributed by atoms with van der Waals surface area (Å²) in [5.41, 5.74) is 2.10. The molecule has 3 aliphatic rings. The summed E-state index contributed by atoms with van der Waals surface area (Å²) in [6.07, 6.45) is 3.83. The monoisotopic (exact) mass is 441 g/mol. The summed E-state index contributed by atoms with van der Waals surface area (Å²) >= 11 is 0. The van der Waals surface area contributed by atoms with Gasteiger partial charge in [0.2, 0.25) is 5.95 Å². The van der Waals surface area contributed by atoms with Crippen molar-refractivity contribution < 1.29 is 18.7 Å². The number of hydrogen-bond donors (Lipinski definition) is 3. The number of rotatable bonds is 6. The molecule has 6 rings (SSSR count). The third kappa shape index (κ3) is 3.66. The van der Waals surface area contributed by atoms with Crippen LogP contribution < -0.4 is 10.6 Å². The zero-order valence-corrected chi connectivity index (χ0v) is 17.5. The molecule has 3 aromatic rings. The molecule has 3 aromatic heterocycles. The topological polar surface area (TPSA) is 118 Å². The highest BCUT2D eigenvalue weighted by atomic mass is 19.1. The Balaban J connectivity index is 1.13. The van der Waals surface area contributed by atoms with Crippen LogP contribution in [0.15, 0.2) is 24.5 Å². The van der Waals surface area contributed by atoms with E-state index in [2.05, 4.69) is 30.8 Å². The van der Waals surface area contributed by atoms with Crippen LogP contribution >= 0.6 is 0 Å². The van der Waals surface area contributed by atoms with E-state index in [1.807, 2.05) is 23.6 Å². The maximum absolute atomic E-state index is 15.0. The molecule has 3 N–H and O–H groups in total. The predicted octanol–water partition coefficient (Wildman–Crippen LogP) is 3.13. The second-order valence-electron chi connectivity index (χ2n) is 9.10. The molecule has 32 heavy (non-hydrogen) atoms. The molecule has 1 amide bonds. The summed E-state index contributed by atoms with van der Waals surface area (Å²) in [5.74, 6) is 1.57. The molecule has 0 bridgehead atoms. The fourth-order valence-electron chi connectivity index (χ4n) is 3.93. The number of aromatic amines is 1. The summed E-state index contributed by atoms with van der Waals surface area (Å²) in [6.45, 7) is 1.91. The van der Waals surface area contributed by atoms with Crippen LogP contribution in [-0.2, 0) is 9.47 Å². The number of nitrogens with one attached hydrogen (secondary N) is 3. The molecule has 3 atom stereocenters. The highest BCUT2D eigenvalue weighted by Gasteiger charge is 2.44. The largest absolute Gasteiger partial charge is 0.441 e. The van der Waals surface area contributed by atoms with Crippen molar-refractivity contribution in [2.45, 2.75) is 62.4 Å². The molecule has 1 aliphatic heterocycles. The minimum atomic E-state index is -1.50. The number of alkyl halides is 1. The third-order valence-corrected chi connectivity index (χ3v) is 6.29. The number of nitrogens with zero attached hydrogens (tertiary/aromatic N) is 4. The fourth-order valence-corrected chi connectivity index (χ4v) is 3.93. The SMILES string of the molecule is CC1(NC(=O)O[C@H]2CO[C@@H](c3cc(Nc4nccc5nc(C6CC6)cn45)n[nH]3)[C@@H]2F)CC1. The van der Waals surface area contributed by atoms with Crippen LogP contribution in [0, 0.1) is 0 Å². The Morgan fingerprint density at radius 3 is 3.03 bits per heavy atom. The quantitative estimate of drug-likeness (QED) is 0.538. The van der Waals surface area contributed by atoms with E-state index >= 15 is 0 Å². The minimum Gasteiger partial charge on any atom is -0.441 e. The lowest BCUT2D eigenvalue weighted by atomic mass is 10.1. The Morgan fingerprint density at radius 1 is 1.41 bits per heavy atom. The molecule has 0 spiro atoms. The number of carbonyl (C=O) groups excluding carboxylic acids is 1. The number of carbonyl (C=O) groups is 1. The molecule has 10 nitrogen and oxygen atoms in total. The Hall–Kier alpha value is -3.21. The van der Waals surface area contributed by atoms with Crippen molar-refractivity contribution in [1.29, 1.82) is 0 Å². The summed E-state index contributed by atoms with van der Waals surface area (Å²) in [4.78, 5) is 21.0. The number of hydrogen-bond acceptors (Lipinski definition) is 7. The average molecular weight is 441 g/mol. The molecule has 11 heteroatoms. The highest BCUT2D eigenvalue weighted by molar-refractivity contribution is 5.69. The standard InChI is InChI=1S/C21H24FN7O3/c1-21(5-6-21)26-20(30)32-14-10-31-18(17(14)22)12-8-15(28-27-12)25-19-23-7-4-16-24-13(9-29(16)19)11-2-3-11/h4,7-9,11,14,17-18H,2-3,5-6,10H2,1H3,(H,26,30)(H2,23,25,27,28)/t14-,17+,18-/m0/s1. The number of alkyl carbamates (subject to hydrolysis) is 1. The van der Waals surface area contributed by atoms with Gasteiger partial charge in [-0.3, -0.25) is 9.50 Å². The van der Waals surface area contributed by atoms with Gasteiger partial charge in [-0.1, -0.05) is 0 Å². The molecule has 168 valence electrons. The van der Waals surface area contributed by atoms with Gasteiger partial charge in [0.05, 0.1) is 18.0 Å². The lowest BCUT2D eigenvalue weighted by Crippen LogP contribution is -2.39. The summed E-state index contributed by atoms with van der Waals surface area (Å²) in [5, 5.41) is 12.9. The number of fused-ring (bicyclic) bond motifs is 1. The van der Waals surface area contributed by atoms with Gasteiger partial charge in [0, 0.05) is 29.9 Å². The van der Waals surface area contributed by atoms with E-state index < -0.39 is 24.5 Å². The van der Waals surface area contributed by atoms with Crippen LogP contribution in [0.4, 0.5) is 21.0 Å². The van der Waals surface area contributed by atoms with Gasteiger partial charge >= 0.3 is 6.09 Å². The Labute approximate surface area is 182 Å². The number of imidazole rings is 1. The van der Waals surface area contributed by atoms with Gasteiger partial charge in [0.15, 0.2) is 18.1 Å². The second-order valence-corrected chi connectivity index (χ2v) is 9.10. The van der Waals surface area contributed by atoms with Crippen LogP contribution in [0.2, 0.25) is 0 Å². The van der Waals surface area contributed by atoms with Crippen molar-refractivity contribution in [3.8, 4) is 0 Å². The van der Waals surface area contributed by atoms with E-state index in [1.54, 1.807) is 12.3 Å². The Kier molecular flexibility index (Phi) is 4.36. The molecule has 3 fully saturated rings. The first-order valence-electron chi connectivity index (χ1n) is 10.9. The zero-order valence-electron chi connectivity index (χ0n) is 17.5. The van der Waals surface area contributed by atoms with Gasteiger partial charge < -0.3 is 20.1 Å². The number of aromatic nitrogens is 5. The van der Waals surface area contributed by atoms with Gasteiger partial charge in [-0.15, -0.1) is 0 Å². The summed E-state index contributed by atoms with van der Waals surface area (Å²) < 4.78 is 27.7. The second kappa shape index (κ2) is 7.16. The molecule has 2 saturated carbocycles. The van der Waals surface area contributed by atoms with Crippen LogP contribution in [0.25, 0.3) is 5.65 Å². The number of amides is 1. The van der Waals surface area contributed by atoms with Crippen molar-refractivity contribution in [2.24, 2.45) is 0 Å². The van der Waals surface area contributed by atoms with Crippen LogP contribution in [0.1, 0.15) is 56.0 Å². The molecular formula is C21H24FN7O3. The molecular weight excluding hydrogens is 417 g/mol.